The van der Waals surface area contributed by atoms with Gasteiger partial charge in [-0.05, 0) is 49.4 Å². The van der Waals surface area contributed by atoms with Crippen molar-refractivity contribution in [1.29, 1.82) is 0 Å². The second-order valence-corrected chi connectivity index (χ2v) is 10.6. The molecule has 3 aliphatic carbocycles. The van der Waals surface area contributed by atoms with Crippen LogP contribution < -0.4 is 0 Å². The Kier molecular flexibility index (Phi) is 7.21. The fraction of sp³-hybridized carbons (Fsp3) is 1.00. The zero-order valence-corrected chi connectivity index (χ0v) is 18.9. The molecule has 5 rings (SSSR count). The molecule has 0 aromatic rings. The van der Waals surface area contributed by atoms with Crippen LogP contribution in [0, 0.1) is 23.2 Å². The fourth-order valence-electron chi connectivity index (χ4n) is 5.91. The molecule has 13 atom stereocenters. The van der Waals surface area contributed by atoms with Gasteiger partial charge in [-0.25, -0.2) is 0 Å². The van der Waals surface area contributed by atoms with E-state index in [1.165, 1.54) is 13.3 Å². The molecule has 2 aliphatic heterocycles. The maximum Gasteiger partial charge on any atom is 0.186 e. The van der Waals surface area contributed by atoms with Crippen molar-refractivity contribution >= 4 is 0 Å². The lowest BCUT2D eigenvalue weighted by Crippen LogP contribution is -2.61. The molecule has 5 aliphatic rings. The van der Waals surface area contributed by atoms with Crippen LogP contribution in [0.25, 0.3) is 0 Å². The van der Waals surface area contributed by atoms with Crippen molar-refractivity contribution in [2.24, 2.45) is 23.2 Å². The molecular weight excluding hydrogens is 424 g/mol. The van der Waals surface area contributed by atoms with Gasteiger partial charge in [0.15, 0.2) is 12.6 Å². The molecule has 0 aromatic heterocycles. The quantitative estimate of drug-likeness (QED) is 0.281. The molecule has 5 fully saturated rings. The fourth-order valence-corrected chi connectivity index (χ4v) is 5.91. The van der Waals surface area contributed by atoms with Crippen LogP contribution in [0.3, 0.4) is 0 Å². The van der Waals surface area contributed by atoms with E-state index in [1.54, 1.807) is 0 Å². The van der Waals surface area contributed by atoms with E-state index in [9.17, 15) is 30.6 Å². The number of aliphatic hydroxyl groups is 6. The Morgan fingerprint density at radius 1 is 0.750 bits per heavy atom. The summed E-state index contributed by atoms with van der Waals surface area (Å²) in [5.41, 5.74) is 0.292. The number of fused-ring (bicyclic) bond motifs is 2. The Bertz CT molecular complexity index is 644. The Balaban J connectivity index is 1.32. The van der Waals surface area contributed by atoms with Crippen molar-refractivity contribution in [3.63, 3.8) is 0 Å². The van der Waals surface area contributed by atoms with Crippen molar-refractivity contribution < 1.29 is 49.6 Å². The summed E-state index contributed by atoms with van der Waals surface area (Å²) in [4.78, 5) is 0. The third-order valence-corrected chi connectivity index (χ3v) is 8.38. The summed E-state index contributed by atoms with van der Waals surface area (Å²) >= 11 is 0. The molecule has 2 saturated heterocycles. The summed E-state index contributed by atoms with van der Waals surface area (Å²) in [5, 5.41) is 60.8. The summed E-state index contributed by atoms with van der Waals surface area (Å²) in [6.45, 7) is 6.21. The van der Waals surface area contributed by atoms with Crippen LogP contribution >= 0.6 is 0 Å². The number of hydrogen-bond donors (Lipinski definition) is 6. The van der Waals surface area contributed by atoms with Gasteiger partial charge in [0.25, 0.3) is 0 Å². The van der Waals surface area contributed by atoms with Crippen molar-refractivity contribution in [1.82, 2.24) is 0 Å². The highest BCUT2D eigenvalue weighted by Gasteiger charge is 2.54. The topological polar surface area (TPSA) is 158 Å². The van der Waals surface area contributed by atoms with Crippen molar-refractivity contribution in [3.8, 4) is 0 Å². The molecule has 3 saturated carbocycles. The zero-order valence-electron chi connectivity index (χ0n) is 18.9. The van der Waals surface area contributed by atoms with Gasteiger partial charge in [-0.3, -0.25) is 0 Å². The van der Waals surface area contributed by atoms with Crippen LogP contribution in [-0.4, -0.2) is 105 Å². The van der Waals surface area contributed by atoms with Crippen LogP contribution in [0.5, 0.6) is 0 Å². The lowest BCUT2D eigenvalue weighted by molar-refractivity contribution is -0.330. The van der Waals surface area contributed by atoms with Gasteiger partial charge in [0.1, 0.15) is 42.7 Å². The number of hydrogen-bond acceptors (Lipinski definition) is 10. The first kappa shape index (κ1) is 24.7. The monoisotopic (exact) mass is 462 g/mol. The first-order chi connectivity index (χ1) is 15.0. The standard InChI is InChI=1S/C22H38O10/c1-9-14(23)16(25)18(27)20(31-9)30-8-13-15(24)17(26)19(28)21(32-13)29-7-10-4-5-11-6-12(10)22(11,2)3/h9-21,23-28H,4-8H2,1-3H3. The van der Waals surface area contributed by atoms with E-state index in [-0.39, 0.29) is 6.61 Å². The van der Waals surface area contributed by atoms with Crippen molar-refractivity contribution in [3.05, 3.63) is 0 Å². The molecule has 0 spiro atoms. The van der Waals surface area contributed by atoms with Gasteiger partial charge in [0.05, 0.1) is 19.3 Å². The van der Waals surface area contributed by atoms with Gasteiger partial charge in [-0.2, -0.15) is 0 Å². The summed E-state index contributed by atoms with van der Waals surface area (Å²) < 4.78 is 22.5. The van der Waals surface area contributed by atoms with Gasteiger partial charge in [0.2, 0.25) is 0 Å². The second-order valence-electron chi connectivity index (χ2n) is 10.6. The highest BCUT2D eigenvalue weighted by Crippen LogP contribution is 2.61. The Hall–Kier alpha value is -0.400. The first-order valence-corrected chi connectivity index (χ1v) is 11.6. The second kappa shape index (κ2) is 9.33. The van der Waals surface area contributed by atoms with E-state index in [0.717, 1.165) is 18.8 Å². The number of ether oxygens (including phenoxy) is 4. The van der Waals surface area contributed by atoms with Crippen LogP contribution in [0.4, 0.5) is 0 Å². The molecule has 2 bridgehead atoms. The lowest BCUT2D eigenvalue weighted by atomic mass is 9.46. The van der Waals surface area contributed by atoms with Gasteiger partial charge in [-0.1, -0.05) is 13.8 Å². The van der Waals surface area contributed by atoms with Gasteiger partial charge < -0.3 is 49.6 Å². The molecular formula is C22H38O10. The minimum Gasteiger partial charge on any atom is -0.388 e. The molecule has 2 heterocycles. The van der Waals surface area contributed by atoms with E-state index < -0.39 is 61.4 Å². The van der Waals surface area contributed by atoms with Crippen molar-refractivity contribution in [2.75, 3.05) is 13.2 Å². The molecule has 6 N–H and O–H groups in total. The highest BCUT2D eigenvalue weighted by molar-refractivity contribution is 5.03. The van der Waals surface area contributed by atoms with E-state index in [2.05, 4.69) is 13.8 Å². The molecule has 10 nitrogen and oxygen atoms in total. The summed E-state index contributed by atoms with van der Waals surface area (Å²) in [6.07, 6.45) is -9.36. The van der Waals surface area contributed by atoms with E-state index in [1.807, 2.05) is 0 Å². The SMILES string of the molecule is CC1OC(OCC2OC(OCC3CCC4CC3C4(C)C)C(O)C(O)C2O)C(O)C(O)C1O. The third-order valence-electron chi connectivity index (χ3n) is 8.38. The Morgan fingerprint density at radius 3 is 1.97 bits per heavy atom. The largest absolute Gasteiger partial charge is 0.388 e. The zero-order chi connectivity index (χ0) is 23.4. The summed E-state index contributed by atoms with van der Waals surface area (Å²) in [5.74, 6) is 1.67. The van der Waals surface area contributed by atoms with Gasteiger partial charge in [0, 0.05) is 0 Å². The smallest absolute Gasteiger partial charge is 0.186 e. The molecule has 32 heavy (non-hydrogen) atoms. The average molecular weight is 463 g/mol. The molecule has 186 valence electrons. The van der Waals surface area contributed by atoms with E-state index >= 15 is 0 Å². The predicted octanol–water partition coefficient (Wildman–Crippen LogP) is -1.27. The van der Waals surface area contributed by atoms with E-state index in [0.29, 0.717) is 23.9 Å². The van der Waals surface area contributed by atoms with Crippen LogP contribution in [0.1, 0.15) is 40.0 Å². The number of aliphatic hydroxyl groups excluding tert-OH is 6. The summed E-state index contributed by atoms with van der Waals surface area (Å²) in [6, 6.07) is 0. The summed E-state index contributed by atoms with van der Waals surface area (Å²) in [7, 11) is 0. The molecule has 0 radical (unpaired) electrons. The Labute approximate surface area is 188 Å². The Morgan fingerprint density at radius 2 is 1.34 bits per heavy atom. The van der Waals surface area contributed by atoms with Gasteiger partial charge >= 0.3 is 0 Å². The minimum absolute atomic E-state index is 0.289. The van der Waals surface area contributed by atoms with Gasteiger partial charge in [-0.15, -0.1) is 0 Å². The predicted molar refractivity (Wildman–Crippen MR) is 109 cm³/mol. The maximum absolute atomic E-state index is 10.4. The van der Waals surface area contributed by atoms with Crippen LogP contribution in [0.2, 0.25) is 0 Å². The lowest BCUT2D eigenvalue weighted by Gasteiger charge is -2.60. The van der Waals surface area contributed by atoms with Crippen molar-refractivity contribution in [2.45, 2.75) is 101 Å². The molecule has 10 heteroatoms. The maximum atomic E-state index is 10.4. The molecule has 13 unspecified atom stereocenters. The highest BCUT2D eigenvalue weighted by atomic mass is 16.7. The number of rotatable bonds is 6. The molecule has 0 aromatic carbocycles. The first-order valence-electron chi connectivity index (χ1n) is 11.6. The molecule has 0 amide bonds. The average Bonchev–Trinajstić information content (AvgIpc) is 2.77. The minimum atomic E-state index is -1.50. The van der Waals surface area contributed by atoms with Crippen LogP contribution in [-0.2, 0) is 18.9 Å². The van der Waals surface area contributed by atoms with Crippen LogP contribution in [0.15, 0.2) is 0 Å². The third kappa shape index (κ3) is 4.35. The van der Waals surface area contributed by atoms with E-state index in [4.69, 9.17) is 18.9 Å². The normalized spacial score (nSPS) is 53.0.